The van der Waals surface area contributed by atoms with Crippen LogP contribution in [-0.4, -0.2) is 4.98 Å². The van der Waals surface area contributed by atoms with Gasteiger partial charge in [0.2, 0.25) is 0 Å². The van der Waals surface area contributed by atoms with Crippen LogP contribution in [-0.2, 0) is 0 Å². The third kappa shape index (κ3) is 3.02. The quantitative estimate of drug-likeness (QED) is 0.295. The molecule has 5 aromatic rings. The number of pyridine rings is 1. The topological polar surface area (TPSA) is 12.9 Å². The zero-order chi connectivity index (χ0) is 20.1. The zero-order valence-electron chi connectivity index (χ0n) is 16.6. The fourth-order valence-electron chi connectivity index (χ4n) is 4.34. The molecule has 1 nitrogen and oxygen atoms in total. The Morgan fingerprint density at radius 2 is 1.62 bits per heavy atom. The van der Waals surface area contributed by atoms with Gasteiger partial charge in [0, 0.05) is 31.9 Å². The van der Waals surface area contributed by atoms with Crippen LogP contribution >= 0.6 is 11.3 Å². The summed E-state index contributed by atoms with van der Waals surface area (Å²) in [6.45, 7) is 6.46. The van der Waals surface area contributed by atoms with Crippen molar-refractivity contribution >= 4 is 31.5 Å². The Morgan fingerprint density at radius 3 is 2.41 bits per heavy atom. The summed E-state index contributed by atoms with van der Waals surface area (Å²) in [5, 5.41) is 2.24. The fraction of sp³-hybridized carbons (Fsp3) is 0.115. The van der Waals surface area contributed by atoms with Gasteiger partial charge in [-0.2, -0.15) is 0 Å². The third-order valence-corrected chi connectivity index (χ3v) is 6.66. The van der Waals surface area contributed by atoms with Gasteiger partial charge < -0.3 is 0 Å². The summed E-state index contributed by atoms with van der Waals surface area (Å²) in [7, 11) is 0. The molecular weight excluding hydrogens is 377 g/mol. The van der Waals surface area contributed by atoms with E-state index in [9.17, 15) is 4.39 Å². The molecule has 2 heterocycles. The maximum atomic E-state index is 13.7. The Morgan fingerprint density at radius 1 is 0.828 bits per heavy atom. The van der Waals surface area contributed by atoms with E-state index in [1.807, 2.05) is 12.3 Å². The molecule has 0 aliphatic carbocycles. The molecule has 0 unspecified atom stereocenters. The Balaban J connectivity index is 1.73. The predicted octanol–water partition coefficient (Wildman–Crippen LogP) is 7.85. The Hall–Kier alpha value is -3.04. The molecule has 0 aliphatic heterocycles. The molecule has 0 bridgehead atoms. The van der Waals surface area contributed by atoms with Crippen molar-refractivity contribution in [3.05, 3.63) is 89.4 Å². The van der Waals surface area contributed by atoms with Gasteiger partial charge in [0.25, 0.3) is 0 Å². The summed E-state index contributed by atoms with van der Waals surface area (Å²) in [5.41, 5.74) is 8.30. The fourth-order valence-corrected chi connectivity index (χ4v) is 5.59. The number of aryl methyl sites for hydroxylation is 3. The van der Waals surface area contributed by atoms with E-state index >= 15 is 0 Å². The van der Waals surface area contributed by atoms with Crippen LogP contribution in [0.3, 0.4) is 0 Å². The highest BCUT2D eigenvalue weighted by atomic mass is 32.1. The van der Waals surface area contributed by atoms with Gasteiger partial charge in [0.1, 0.15) is 5.82 Å². The van der Waals surface area contributed by atoms with Crippen LogP contribution in [0.15, 0.2) is 66.9 Å². The number of benzene rings is 3. The van der Waals surface area contributed by atoms with Crippen molar-refractivity contribution in [1.82, 2.24) is 4.98 Å². The lowest BCUT2D eigenvalue weighted by atomic mass is 9.93. The minimum atomic E-state index is -0.198. The number of fused-ring (bicyclic) bond motifs is 3. The Bertz CT molecular complexity index is 1370. The summed E-state index contributed by atoms with van der Waals surface area (Å²) in [6, 6.07) is 20.0. The van der Waals surface area contributed by atoms with Crippen LogP contribution in [0.1, 0.15) is 16.7 Å². The second-order valence-electron chi connectivity index (χ2n) is 7.63. The van der Waals surface area contributed by atoms with Crippen LogP contribution in [0.5, 0.6) is 0 Å². The molecule has 5 rings (SSSR count). The number of thiophene rings is 1. The molecule has 0 fully saturated rings. The van der Waals surface area contributed by atoms with Crippen molar-refractivity contribution in [3.8, 4) is 22.4 Å². The zero-order valence-corrected chi connectivity index (χ0v) is 17.4. The molecule has 3 aromatic carbocycles. The number of halogens is 1. The number of hydrogen-bond acceptors (Lipinski definition) is 2. The van der Waals surface area contributed by atoms with E-state index in [0.29, 0.717) is 0 Å². The van der Waals surface area contributed by atoms with E-state index in [2.05, 4.69) is 68.2 Å². The largest absolute Gasteiger partial charge is 0.256 e. The molecule has 0 saturated carbocycles. The first-order chi connectivity index (χ1) is 14.0. The van der Waals surface area contributed by atoms with Crippen molar-refractivity contribution in [3.63, 3.8) is 0 Å². The van der Waals surface area contributed by atoms with Gasteiger partial charge in [-0.05, 0) is 67.3 Å². The molecule has 29 heavy (non-hydrogen) atoms. The van der Waals surface area contributed by atoms with Crippen LogP contribution in [0.25, 0.3) is 42.6 Å². The van der Waals surface area contributed by atoms with Gasteiger partial charge in [0.15, 0.2) is 0 Å². The molecule has 142 valence electrons. The van der Waals surface area contributed by atoms with E-state index in [-0.39, 0.29) is 5.82 Å². The van der Waals surface area contributed by atoms with Crippen molar-refractivity contribution < 1.29 is 4.39 Å². The normalized spacial score (nSPS) is 11.4. The number of rotatable bonds is 2. The smallest absolute Gasteiger partial charge is 0.124 e. The molecule has 0 spiro atoms. The SMILES string of the molecule is Cc1cc(C)c(-c2ccnc(-c3cccc4c3sc3cc(F)ccc34)c2)c(C)c1. The second kappa shape index (κ2) is 6.78. The first-order valence-corrected chi connectivity index (χ1v) is 10.5. The average Bonchev–Trinajstić information content (AvgIpc) is 3.05. The Kier molecular flexibility index (Phi) is 4.21. The number of aromatic nitrogens is 1. The van der Waals surface area contributed by atoms with Crippen LogP contribution in [0.4, 0.5) is 4.39 Å². The summed E-state index contributed by atoms with van der Waals surface area (Å²) in [5.74, 6) is -0.198. The molecule has 0 amide bonds. The van der Waals surface area contributed by atoms with E-state index in [1.54, 1.807) is 17.4 Å². The van der Waals surface area contributed by atoms with Gasteiger partial charge in [-0.15, -0.1) is 11.3 Å². The van der Waals surface area contributed by atoms with Crippen molar-refractivity contribution in [2.24, 2.45) is 0 Å². The van der Waals surface area contributed by atoms with E-state index in [1.165, 1.54) is 33.9 Å². The standard InChI is InChI=1S/C26H20FNS/c1-15-11-16(2)25(17(3)12-15)18-9-10-28-23(13-18)22-6-4-5-21-20-8-7-19(27)14-24(20)29-26(21)22/h4-14H,1-3H3. The minimum Gasteiger partial charge on any atom is -0.256 e. The highest BCUT2D eigenvalue weighted by Crippen LogP contribution is 2.40. The average molecular weight is 398 g/mol. The van der Waals surface area contributed by atoms with E-state index in [0.717, 1.165) is 31.4 Å². The monoisotopic (exact) mass is 397 g/mol. The van der Waals surface area contributed by atoms with Crippen molar-refractivity contribution in [2.75, 3.05) is 0 Å². The number of nitrogens with zero attached hydrogens (tertiary/aromatic N) is 1. The van der Waals surface area contributed by atoms with Gasteiger partial charge in [-0.1, -0.05) is 42.0 Å². The summed E-state index contributed by atoms with van der Waals surface area (Å²) < 4.78 is 15.8. The molecule has 3 heteroatoms. The molecule has 0 saturated heterocycles. The highest BCUT2D eigenvalue weighted by molar-refractivity contribution is 7.26. The summed E-state index contributed by atoms with van der Waals surface area (Å²) >= 11 is 1.63. The van der Waals surface area contributed by atoms with Crippen molar-refractivity contribution in [2.45, 2.75) is 20.8 Å². The third-order valence-electron chi connectivity index (χ3n) is 5.46. The maximum Gasteiger partial charge on any atom is 0.124 e. The predicted molar refractivity (Wildman–Crippen MR) is 122 cm³/mol. The molecular formula is C26H20FNS. The van der Waals surface area contributed by atoms with E-state index < -0.39 is 0 Å². The lowest BCUT2D eigenvalue weighted by Gasteiger charge is -2.13. The lowest BCUT2D eigenvalue weighted by Crippen LogP contribution is -1.92. The minimum absolute atomic E-state index is 0.198. The second-order valence-corrected chi connectivity index (χ2v) is 8.68. The summed E-state index contributed by atoms with van der Waals surface area (Å²) in [6.07, 6.45) is 1.88. The first-order valence-electron chi connectivity index (χ1n) is 9.67. The highest BCUT2D eigenvalue weighted by Gasteiger charge is 2.13. The molecule has 0 radical (unpaired) electrons. The van der Waals surface area contributed by atoms with E-state index in [4.69, 9.17) is 0 Å². The molecule has 0 aliphatic rings. The van der Waals surface area contributed by atoms with Crippen LogP contribution in [0, 0.1) is 26.6 Å². The molecule has 0 N–H and O–H groups in total. The van der Waals surface area contributed by atoms with Gasteiger partial charge >= 0.3 is 0 Å². The Labute approximate surface area is 173 Å². The maximum absolute atomic E-state index is 13.7. The first kappa shape index (κ1) is 18.0. The molecule has 0 atom stereocenters. The van der Waals surface area contributed by atoms with Crippen LogP contribution < -0.4 is 0 Å². The van der Waals surface area contributed by atoms with Gasteiger partial charge in [-0.25, -0.2) is 4.39 Å². The summed E-state index contributed by atoms with van der Waals surface area (Å²) in [4.78, 5) is 4.68. The molecule has 2 aromatic heterocycles. The van der Waals surface area contributed by atoms with Gasteiger partial charge in [0.05, 0.1) is 5.69 Å². The lowest BCUT2D eigenvalue weighted by molar-refractivity contribution is 0.630. The van der Waals surface area contributed by atoms with Crippen LogP contribution in [0.2, 0.25) is 0 Å². The van der Waals surface area contributed by atoms with Crippen molar-refractivity contribution in [1.29, 1.82) is 0 Å². The van der Waals surface area contributed by atoms with Gasteiger partial charge in [-0.3, -0.25) is 4.98 Å². The number of hydrogen-bond donors (Lipinski definition) is 0.